The van der Waals surface area contributed by atoms with Gasteiger partial charge in [-0.25, -0.2) is 0 Å². The van der Waals surface area contributed by atoms with Crippen LogP contribution >= 0.6 is 0 Å². The Bertz CT molecular complexity index is 826. The molecule has 1 amide bonds. The van der Waals surface area contributed by atoms with Gasteiger partial charge in [0.25, 0.3) is 5.91 Å². The number of nitrogens with zero attached hydrogens (tertiary/aromatic N) is 1. The van der Waals surface area contributed by atoms with Crippen LogP contribution in [0.1, 0.15) is 70.9 Å². The van der Waals surface area contributed by atoms with Crippen LogP contribution in [-0.2, 0) is 6.42 Å². The zero-order valence-electron chi connectivity index (χ0n) is 16.0. The SMILES string of the molecule is CCCCCCc1c(C)c(C)c(C)c2c(C)c(C(=O)N=C(N)N)[nH]c12. The molecule has 0 aliphatic carbocycles. The van der Waals surface area contributed by atoms with E-state index in [1.807, 2.05) is 6.92 Å². The summed E-state index contributed by atoms with van der Waals surface area (Å²) >= 11 is 0. The van der Waals surface area contributed by atoms with Crippen LogP contribution in [-0.4, -0.2) is 16.9 Å². The fourth-order valence-electron chi connectivity index (χ4n) is 3.60. The van der Waals surface area contributed by atoms with Crippen molar-refractivity contribution < 1.29 is 4.79 Å². The van der Waals surface area contributed by atoms with Gasteiger partial charge in [0.1, 0.15) is 5.69 Å². The number of fused-ring (bicyclic) bond motifs is 1. The number of unbranched alkanes of at least 4 members (excludes halogenated alkanes) is 3. The molecule has 136 valence electrons. The predicted molar refractivity (Wildman–Crippen MR) is 105 cm³/mol. The van der Waals surface area contributed by atoms with Crippen molar-refractivity contribution in [1.82, 2.24) is 4.98 Å². The zero-order valence-corrected chi connectivity index (χ0v) is 16.0. The topological polar surface area (TPSA) is 97.3 Å². The smallest absolute Gasteiger partial charge is 0.296 e. The van der Waals surface area contributed by atoms with Gasteiger partial charge in [-0.1, -0.05) is 26.2 Å². The lowest BCUT2D eigenvalue weighted by molar-refractivity contribution is 0.0998. The van der Waals surface area contributed by atoms with E-state index >= 15 is 0 Å². The number of aromatic nitrogens is 1. The van der Waals surface area contributed by atoms with Gasteiger partial charge in [-0.3, -0.25) is 4.79 Å². The van der Waals surface area contributed by atoms with Gasteiger partial charge in [0.05, 0.1) is 5.52 Å². The van der Waals surface area contributed by atoms with E-state index in [9.17, 15) is 4.79 Å². The molecule has 0 aliphatic rings. The van der Waals surface area contributed by atoms with E-state index in [4.69, 9.17) is 11.5 Å². The molecule has 0 saturated heterocycles. The third kappa shape index (κ3) is 3.70. The molecule has 1 aromatic heterocycles. The van der Waals surface area contributed by atoms with E-state index in [1.165, 1.54) is 41.5 Å². The van der Waals surface area contributed by atoms with Crippen LogP contribution < -0.4 is 11.5 Å². The normalized spacial score (nSPS) is 11.1. The summed E-state index contributed by atoms with van der Waals surface area (Å²) in [7, 11) is 0. The number of carbonyl (C=O) groups is 1. The number of H-pyrrole nitrogens is 1. The summed E-state index contributed by atoms with van der Waals surface area (Å²) in [6.07, 6.45) is 5.87. The van der Waals surface area contributed by atoms with E-state index in [0.717, 1.165) is 29.3 Å². The summed E-state index contributed by atoms with van der Waals surface area (Å²) in [6.45, 7) is 10.6. The van der Waals surface area contributed by atoms with E-state index in [-0.39, 0.29) is 5.96 Å². The summed E-state index contributed by atoms with van der Waals surface area (Å²) in [6, 6.07) is 0. The van der Waals surface area contributed by atoms with E-state index in [0.29, 0.717) is 5.69 Å². The van der Waals surface area contributed by atoms with Gasteiger partial charge >= 0.3 is 0 Å². The molecule has 0 bridgehead atoms. The lowest BCUT2D eigenvalue weighted by atomic mass is 9.90. The summed E-state index contributed by atoms with van der Waals surface area (Å²) in [5.74, 6) is -0.632. The summed E-state index contributed by atoms with van der Waals surface area (Å²) < 4.78 is 0. The van der Waals surface area contributed by atoms with Crippen LogP contribution in [0.3, 0.4) is 0 Å². The lowest BCUT2D eigenvalue weighted by Gasteiger charge is -2.14. The molecule has 1 aromatic carbocycles. The first kappa shape index (κ1) is 19.0. The molecule has 0 atom stereocenters. The molecule has 2 rings (SSSR count). The van der Waals surface area contributed by atoms with Gasteiger partial charge in [0, 0.05) is 5.39 Å². The van der Waals surface area contributed by atoms with Crippen molar-refractivity contribution in [3.8, 4) is 0 Å². The first-order valence-corrected chi connectivity index (χ1v) is 9.04. The highest BCUT2D eigenvalue weighted by Crippen LogP contribution is 2.34. The van der Waals surface area contributed by atoms with E-state index in [2.05, 4.69) is 37.7 Å². The van der Waals surface area contributed by atoms with Gasteiger partial charge in [0.15, 0.2) is 5.96 Å². The molecule has 5 nitrogen and oxygen atoms in total. The predicted octanol–water partition coefficient (Wildman–Crippen LogP) is 3.94. The summed E-state index contributed by atoms with van der Waals surface area (Å²) in [4.78, 5) is 19.4. The second kappa shape index (κ2) is 7.72. The Morgan fingerprint density at radius 3 is 2.24 bits per heavy atom. The van der Waals surface area contributed by atoms with Crippen molar-refractivity contribution in [3.63, 3.8) is 0 Å². The Hall–Kier alpha value is -2.30. The fourth-order valence-corrected chi connectivity index (χ4v) is 3.60. The van der Waals surface area contributed by atoms with Crippen molar-refractivity contribution in [2.75, 3.05) is 0 Å². The number of amides is 1. The molecule has 0 unspecified atom stereocenters. The van der Waals surface area contributed by atoms with Crippen LogP contribution in [0.4, 0.5) is 0 Å². The first-order chi connectivity index (χ1) is 11.8. The van der Waals surface area contributed by atoms with Gasteiger partial charge in [0.2, 0.25) is 0 Å². The Morgan fingerprint density at radius 2 is 1.64 bits per heavy atom. The van der Waals surface area contributed by atoms with Crippen molar-refractivity contribution in [1.29, 1.82) is 0 Å². The van der Waals surface area contributed by atoms with Gasteiger partial charge in [-0.15, -0.1) is 0 Å². The lowest BCUT2D eigenvalue weighted by Crippen LogP contribution is -2.24. The van der Waals surface area contributed by atoms with Gasteiger partial charge < -0.3 is 16.5 Å². The third-order valence-electron chi connectivity index (χ3n) is 5.23. The summed E-state index contributed by atoms with van der Waals surface area (Å²) in [5.41, 5.74) is 18.3. The fraction of sp³-hybridized carbons (Fsp3) is 0.500. The quantitative estimate of drug-likeness (QED) is 0.421. The van der Waals surface area contributed by atoms with Crippen molar-refractivity contribution in [2.45, 2.75) is 66.7 Å². The minimum atomic E-state index is -0.416. The van der Waals surface area contributed by atoms with Crippen LogP contribution in [0.25, 0.3) is 10.9 Å². The zero-order chi connectivity index (χ0) is 18.7. The molecule has 0 aliphatic heterocycles. The second-order valence-electron chi connectivity index (χ2n) is 6.88. The highest BCUT2D eigenvalue weighted by atomic mass is 16.1. The average Bonchev–Trinajstić information content (AvgIpc) is 2.89. The number of nitrogens with two attached hydrogens (primary N) is 2. The number of rotatable bonds is 6. The number of hydrogen-bond acceptors (Lipinski definition) is 1. The number of carbonyl (C=O) groups excluding carboxylic acids is 1. The van der Waals surface area contributed by atoms with Crippen molar-refractivity contribution in [2.24, 2.45) is 16.5 Å². The Morgan fingerprint density at radius 1 is 0.960 bits per heavy atom. The third-order valence-corrected chi connectivity index (χ3v) is 5.23. The number of aliphatic imine (C=N–C) groups is 1. The number of hydrogen-bond donors (Lipinski definition) is 3. The molecule has 25 heavy (non-hydrogen) atoms. The largest absolute Gasteiger partial charge is 0.370 e. The van der Waals surface area contributed by atoms with Gasteiger partial charge in [-0.2, -0.15) is 4.99 Å². The molecule has 0 saturated carbocycles. The van der Waals surface area contributed by atoms with Crippen molar-refractivity contribution in [3.05, 3.63) is 33.5 Å². The van der Waals surface area contributed by atoms with Crippen LogP contribution in [0.15, 0.2) is 4.99 Å². The highest BCUT2D eigenvalue weighted by Gasteiger charge is 2.20. The number of benzene rings is 1. The van der Waals surface area contributed by atoms with E-state index in [1.54, 1.807) is 0 Å². The number of aryl methyl sites for hydroxylation is 3. The summed E-state index contributed by atoms with van der Waals surface area (Å²) in [5, 5.41) is 1.13. The highest BCUT2D eigenvalue weighted by molar-refractivity contribution is 6.07. The second-order valence-corrected chi connectivity index (χ2v) is 6.88. The minimum Gasteiger partial charge on any atom is -0.370 e. The van der Waals surface area contributed by atoms with Crippen LogP contribution in [0.5, 0.6) is 0 Å². The maximum absolute atomic E-state index is 12.4. The number of aromatic amines is 1. The Balaban J connectivity index is 2.60. The molecule has 0 fully saturated rings. The number of guanidine groups is 1. The van der Waals surface area contributed by atoms with E-state index < -0.39 is 5.91 Å². The molecule has 0 radical (unpaired) electrons. The molecule has 0 spiro atoms. The van der Waals surface area contributed by atoms with Crippen LogP contribution in [0.2, 0.25) is 0 Å². The maximum Gasteiger partial charge on any atom is 0.296 e. The van der Waals surface area contributed by atoms with Gasteiger partial charge in [-0.05, 0) is 68.4 Å². The van der Waals surface area contributed by atoms with Crippen molar-refractivity contribution >= 4 is 22.8 Å². The molecule has 5 heteroatoms. The monoisotopic (exact) mass is 342 g/mol. The molecular weight excluding hydrogens is 312 g/mol. The minimum absolute atomic E-state index is 0.216. The molecule has 5 N–H and O–H groups in total. The molecular formula is C20H30N4O. The molecule has 1 heterocycles. The first-order valence-electron chi connectivity index (χ1n) is 9.04. The Kier molecular flexibility index (Phi) is 5.88. The average molecular weight is 342 g/mol. The number of nitrogens with one attached hydrogen (secondary N) is 1. The Labute approximate surface area is 149 Å². The van der Waals surface area contributed by atoms with Crippen LogP contribution in [0, 0.1) is 27.7 Å². The standard InChI is InChI=1S/C20H30N4O/c1-6-7-8-9-10-15-12(3)11(2)13(4)16-14(5)17(23-18(15)16)19(25)24-20(21)22/h23H,6-10H2,1-5H3,(H4,21,22,24,25). The molecule has 2 aromatic rings. The maximum atomic E-state index is 12.4.